The highest BCUT2D eigenvalue weighted by atomic mass is 32.1. The lowest BCUT2D eigenvalue weighted by molar-refractivity contribution is 0.471. The summed E-state index contributed by atoms with van der Waals surface area (Å²) in [6, 6.07) is 0. The van der Waals surface area contributed by atoms with Gasteiger partial charge in [0.05, 0.1) is 0 Å². The molecule has 1 heteroatoms. The number of thiocarbonyl (C=S) groups is 1. The Hall–Kier alpha value is 0.0900. The van der Waals surface area contributed by atoms with Crippen LogP contribution in [0.25, 0.3) is 0 Å². The quantitative estimate of drug-likeness (QED) is 0.568. The van der Waals surface area contributed by atoms with Gasteiger partial charge in [0.15, 0.2) is 0 Å². The lowest BCUT2D eigenvalue weighted by Crippen LogP contribution is -2.11. The summed E-state index contributed by atoms with van der Waals surface area (Å²) >= 11 is 5.20. The van der Waals surface area contributed by atoms with Crippen molar-refractivity contribution in [3.8, 4) is 0 Å². The van der Waals surface area contributed by atoms with Crippen molar-refractivity contribution in [2.24, 2.45) is 11.8 Å². The molecule has 0 amide bonds. The first-order valence-corrected chi connectivity index (χ1v) is 4.99. The average Bonchev–Trinajstić information content (AvgIpc) is 1.86. The van der Waals surface area contributed by atoms with Crippen molar-refractivity contribution in [1.82, 2.24) is 0 Å². The minimum absolute atomic E-state index is 0.690. The Bertz CT molecular complexity index is 116. The zero-order valence-corrected chi connectivity index (χ0v) is 9.00. The summed E-state index contributed by atoms with van der Waals surface area (Å²) in [6.45, 7) is 8.84. The van der Waals surface area contributed by atoms with E-state index in [1.54, 1.807) is 0 Å². The van der Waals surface area contributed by atoms with Crippen LogP contribution in [0.15, 0.2) is 0 Å². The Morgan fingerprint density at radius 3 is 2.18 bits per heavy atom. The molecule has 0 nitrogen and oxygen atoms in total. The van der Waals surface area contributed by atoms with Gasteiger partial charge in [-0.25, -0.2) is 0 Å². The van der Waals surface area contributed by atoms with Crippen LogP contribution < -0.4 is 0 Å². The van der Waals surface area contributed by atoms with Crippen LogP contribution in [0, 0.1) is 11.8 Å². The number of hydrogen-bond acceptors (Lipinski definition) is 1. The first-order chi connectivity index (χ1) is 5.07. The highest BCUT2D eigenvalue weighted by Crippen LogP contribution is 2.18. The molecule has 0 N–H and O–H groups in total. The summed E-state index contributed by atoms with van der Waals surface area (Å²) in [5, 5.41) is 0. The van der Waals surface area contributed by atoms with E-state index in [-0.39, 0.29) is 0 Å². The van der Waals surface area contributed by atoms with E-state index in [1.165, 1.54) is 24.1 Å². The SMILES string of the molecule is CCCC(CC(C)C)C(C)=S. The Kier molecular flexibility index (Phi) is 5.75. The fourth-order valence-corrected chi connectivity index (χ4v) is 1.62. The molecule has 0 aliphatic carbocycles. The Morgan fingerprint density at radius 1 is 1.36 bits per heavy atom. The van der Waals surface area contributed by atoms with E-state index < -0.39 is 0 Å². The molecule has 0 radical (unpaired) electrons. The third-order valence-electron chi connectivity index (χ3n) is 1.97. The monoisotopic (exact) mass is 172 g/mol. The van der Waals surface area contributed by atoms with Crippen LogP contribution in [-0.4, -0.2) is 4.86 Å². The Labute approximate surface area is 76.4 Å². The maximum atomic E-state index is 5.20. The van der Waals surface area contributed by atoms with Crippen molar-refractivity contribution >= 4 is 17.1 Å². The molecule has 1 atom stereocenters. The number of hydrogen-bond donors (Lipinski definition) is 0. The second-order valence-electron chi connectivity index (χ2n) is 3.73. The Balaban J connectivity index is 3.79. The molecule has 0 aromatic heterocycles. The zero-order chi connectivity index (χ0) is 8.85. The molecule has 0 spiro atoms. The summed E-state index contributed by atoms with van der Waals surface area (Å²) in [5.74, 6) is 1.47. The molecular weight excluding hydrogens is 152 g/mol. The molecular formula is C10H20S. The van der Waals surface area contributed by atoms with Gasteiger partial charge in [-0.15, -0.1) is 0 Å². The fraction of sp³-hybridized carbons (Fsp3) is 0.900. The lowest BCUT2D eigenvalue weighted by atomic mass is 9.91. The van der Waals surface area contributed by atoms with E-state index >= 15 is 0 Å². The Morgan fingerprint density at radius 2 is 1.91 bits per heavy atom. The normalized spacial score (nSPS) is 13.5. The first-order valence-electron chi connectivity index (χ1n) is 4.58. The first kappa shape index (κ1) is 11.1. The van der Waals surface area contributed by atoms with Gasteiger partial charge >= 0.3 is 0 Å². The fourth-order valence-electron chi connectivity index (χ4n) is 1.40. The molecule has 66 valence electrons. The van der Waals surface area contributed by atoms with E-state index in [9.17, 15) is 0 Å². The van der Waals surface area contributed by atoms with Gasteiger partial charge in [-0.3, -0.25) is 0 Å². The van der Waals surface area contributed by atoms with Crippen molar-refractivity contribution in [3.05, 3.63) is 0 Å². The van der Waals surface area contributed by atoms with Crippen molar-refractivity contribution < 1.29 is 0 Å². The van der Waals surface area contributed by atoms with Crippen molar-refractivity contribution in [3.63, 3.8) is 0 Å². The van der Waals surface area contributed by atoms with E-state index in [4.69, 9.17) is 12.2 Å². The van der Waals surface area contributed by atoms with Crippen molar-refractivity contribution in [2.45, 2.75) is 47.0 Å². The van der Waals surface area contributed by atoms with Gasteiger partial charge in [0, 0.05) is 0 Å². The molecule has 0 aliphatic rings. The second kappa shape index (κ2) is 5.70. The molecule has 0 saturated heterocycles. The molecule has 0 heterocycles. The predicted octanol–water partition coefficient (Wildman–Crippen LogP) is 3.84. The van der Waals surface area contributed by atoms with Crippen LogP contribution in [0.2, 0.25) is 0 Å². The van der Waals surface area contributed by atoms with Crippen LogP contribution in [0.3, 0.4) is 0 Å². The van der Waals surface area contributed by atoms with E-state index in [1.807, 2.05) is 0 Å². The molecule has 0 aromatic carbocycles. The maximum Gasteiger partial charge on any atom is -0.00715 e. The van der Waals surface area contributed by atoms with Crippen LogP contribution in [0.1, 0.15) is 47.0 Å². The van der Waals surface area contributed by atoms with Gasteiger partial charge in [-0.05, 0) is 36.5 Å². The van der Waals surface area contributed by atoms with Gasteiger partial charge in [0.1, 0.15) is 0 Å². The third kappa shape index (κ3) is 5.37. The van der Waals surface area contributed by atoms with Crippen LogP contribution in [-0.2, 0) is 0 Å². The average molecular weight is 172 g/mol. The van der Waals surface area contributed by atoms with E-state index in [0.717, 1.165) is 5.92 Å². The predicted molar refractivity (Wildman–Crippen MR) is 56.1 cm³/mol. The molecule has 0 fully saturated rings. The minimum Gasteiger partial charge on any atom is -0.0897 e. The zero-order valence-electron chi connectivity index (χ0n) is 8.18. The standard InChI is InChI=1S/C10H20S/c1-5-6-10(9(4)11)7-8(2)3/h8,10H,5-7H2,1-4H3. The van der Waals surface area contributed by atoms with Gasteiger partial charge < -0.3 is 0 Å². The highest BCUT2D eigenvalue weighted by molar-refractivity contribution is 7.80. The van der Waals surface area contributed by atoms with Gasteiger partial charge in [0.25, 0.3) is 0 Å². The van der Waals surface area contributed by atoms with Crippen LogP contribution >= 0.6 is 12.2 Å². The topological polar surface area (TPSA) is 0 Å². The maximum absolute atomic E-state index is 5.20. The van der Waals surface area contributed by atoms with Gasteiger partial charge in [0.2, 0.25) is 0 Å². The lowest BCUT2D eigenvalue weighted by Gasteiger charge is -2.16. The van der Waals surface area contributed by atoms with Crippen molar-refractivity contribution in [2.75, 3.05) is 0 Å². The second-order valence-corrected chi connectivity index (χ2v) is 4.37. The van der Waals surface area contributed by atoms with Crippen LogP contribution in [0.5, 0.6) is 0 Å². The van der Waals surface area contributed by atoms with Crippen molar-refractivity contribution in [1.29, 1.82) is 0 Å². The van der Waals surface area contributed by atoms with E-state index in [0.29, 0.717) is 5.92 Å². The summed E-state index contributed by atoms with van der Waals surface area (Å²) < 4.78 is 0. The molecule has 0 bridgehead atoms. The summed E-state index contributed by atoms with van der Waals surface area (Å²) in [7, 11) is 0. The molecule has 0 saturated carbocycles. The smallest absolute Gasteiger partial charge is 0.00715 e. The number of rotatable bonds is 5. The summed E-state index contributed by atoms with van der Waals surface area (Å²) in [4.78, 5) is 1.19. The molecule has 11 heavy (non-hydrogen) atoms. The van der Waals surface area contributed by atoms with Gasteiger partial charge in [-0.2, -0.15) is 0 Å². The molecule has 1 unspecified atom stereocenters. The highest BCUT2D eigenvalue weighted by Gasteiger charge is 2.10. The van der Waals surface area contributed by atoms with Gasteiger partial charge in [-0.1, -0.05) is 39.4 Å². The minimum atomic E-state index is 0.690. The van der Waals surface area contributed by atoms with E-state index in [2.05, 4.69) is 27.7 Å². The largest absolute Gasteiger partial charge is 0.0897 e. The molecule has 0 aliphatic heterocycles. The molecule has 0 aromatic rings. The van der Waals surface area contributed by atoms with Crippen LogP contribution in [0.4, 0.5) is 0 Å². The third-order valence-corrected chi connectivity index (χ3v) is 2.30. The summed E-state index contributed by atoms with van der Waals surface area (Å²) in [5.41, 5.74) is 0. The molecule has 0 rings (SSSR count). The summed E-state index contributed by atoms with van der Waals surface area (Å²) in [6.07, 6.45) is 3.79.